The van der Waals surface area contributed by atoms with E-state index in [1.165, 1.54) is 0 Å². The van der Waals surface area contributed by atoms with Gasteiger partial charge >= 0.3 is 0 Å². The number of pyridine rings is 1. The minimum Gasteiger partial charge on any atom is -0.372 e. The summed E-state index contributed by atoms with van der Waals surface area (Å²) in [6, 6.07) is 7.57. The van der Waals surface area contributed by atoms with Crippen LogP contribution in [0.15, 0.2) is 30.5 Å². The summed E-state index contributed by atoms with van der Waals surface area (Å²) in [5.74, 6) is 0. The first-order valence-electron chi connectivity index (χ1n) is 5.46. The predicted octanol–water partition coefficient (Wildman–Crippen LogP) is 2.86. The van der Waals surface area contributed by atoms with Gasteiger partial charge in [-0.15, -0.1) is 10.2 Å². The van der Waals surface area contributed by atoms with Gasteiger partial charge < -0.3 is 4.90 Å². The predicted molar refractivity (Wildman–Crippen MR) is 73.3 cm³/mol. The van der Waals surface area contributed by atoms with Gasteiger partial charge in [0.05, 0.1) is 5.69 Å². The van der Waals surface area contributed by atoms with Crippen LogP contribution in [-0.2, 0) is 6.42 Å². The van der Waals surface area contributed by atoms with E-state index in [-0.39, 0.29) is 0 Å². The third-order valence-electron chi connectivity index (χ3n) is 2.54. The molecule has 0 aliphatic rings. The van der Waals surface area contributed by atoms with Gasteiger partial charge in [-0.1, -0.05) is 29.3 Å². The highest BCUT2D eigenvalue weighted by Crippen LogP contribution is 2.24. The van der Waals surface area contributed by atoms with Crippen molar-refractivity contribution in [2.75, 3.05) is 18.5 Å². The van der Waals surface area contributed by atoms with Gasteiger partial charge in [0.2, 0.25) is 0 Å². The second-order valence-electron chi connectivity index (χ2n) is 3.84. The molecule has 2 heterocycles. The van der Waals surface area contributed by atoms with E-state index in [0.717, 1.165) is 24.3 Å². The maximum atomic E-state index is 5.98. The summed E-state index contributed by atoms with van der Waals surface area (Å²) >= 11 is 11.8. The molecule has 6 heteroatoms. The Hall–Kier alpha value is -1.39. The maximum Gasteiger partial charge on any atom is 0.175 e. The smallest absolute Gasteiger partial charge is 0.175 e. The van der Waals surface area contributed by atoms with Crippen LogP contribution in [-0.4, -0.2) is 28.8 Å². The fourth-order valence-corrected chi connectivity index (χ4v) is 1.94. The van der Waals surface area contributed by atoms with Gasteiger partial charge in [-0.05, 0) is 12.1 Å². The first kappa shape index (κ1) is 13.1. The highest BCUT2D eigenvalue weighted by atomic mass is 35.5. The Labute approximate surface area is 116 Å². The minimum absolute atomic E-state index is 0.332. The second kappa shape index (κ2) is 5.98. The molecule has 0 atom stereocenters. The largest absolute Gasteiger partial charge is 0.372 e. The number of likely N-dealkylation sites (N-methyl/N-ethyl adjacent to an activating group) is 1. The Balaban J connectivity index is 2.03. The van der Waals surface area contributed by atoms with E-state index in [9.17, 15) is 0 Å². The molecule has 0 bridgehead atoms. The van der Waals surface area contributed by atoms with Crippen molar-refractivity contribution < 1.29 is 0 Å². The lowest BCUT2D eigenvalue weighted by Gasteiger charge is -2.19. The zero-order valence-electron chi connectivity index (χ0n) is 9.85. The summed E-state index contributed by atoms with van der Waals surface area (Å²) in [4.78, 5) is 6.25. The van der Waals surface area contributed by atoms with Gasteiger partial charge in [0.15, 0.2) is 10.3 Å². The molecule has 0 amide bonds. The first-order chi connectivity index (χ1) is 8.66. The summed E-state index contributed by atoms with van der Waals surface area (Å²) < 4.78 is 0. The maximum absolute atomic E-state index is 5.98. The summed E-state index contributed by atoms with van der Waals surface area (Å²) in [5.41, 5.74) is 1.81. The van der Waals surface area contributed by atoms with Crippen LogP contribution in [0, 0.1) is 0 Å². The van der Waals surface area contributed by atoms with Crippen molar-refractivity contribution >= 4 is 28.9 Å². The molecular weight excluding hydrogens is 271 g/mol. The van der Waals surface area contributed by atoms with E-state index >= 15 is 0 Å². The average molecular weight is 283 g/mol. The van der Waals surface area contributed by atoms with Gasteiger partial charge in [0.1, 0.15) is 0 Å². The van der Waals surface area contributed by atoms with Crippen molar-refractivity contribution in [2.24, 2.45) is 0 Å². The zero-order valence-corrected chi connectivity index (χ0v) is 11.4. The van der Waals surface area contributed by atoms with Crippen molar-refractivity contribution in [3.8, 4) is 0 Å². The van der Waals surface area contributed by atoms with Crippen LogP contribution in [0.5, 0.6) is 0 Å². The van der Waals surface area contributed by atoms with Gasteiger partial charge in [0.25, 0.3) is 0 Å². The Morgan fingerprint density at radius 1 is 1.22 bits per heavy atom. The van der Waals surface area contributed by atoms with E-state index in [4.69, 9.17) is 23.2 Å². The summed E-state index contributed by atoms with van der Waals surface area (Å²) in [5, 5.41) is 8.15. The quantitative estimate of drug-likeness (QED) is 0.865. The number of rotatable bonds is 4. The third-order valence-corrected chi connectivity index (χ3v) is 3.00. The van der Waals surface area contributed by atoms with Gasteiger partial charge in [0, 0.05) is 38.0 Å². The van der Waals surface area contributed by atoms with Crippen LogP contribution in [0.3, 0.4) is 0 Å². The molecule has 94 valence electrons. The lowest BCUT2D eigenvalue weighted by molar-refractivity contribution is 0.845. The normalized spacial score (nSPS) is 10.4. The standard InChI is InChI=1S/C12H12Cl2N4/c1-18(7-5-9-4-2-3-6-15-9)10-8-11(13)16-17-12(10)14/h2-4,6,8H,5,7H2,1H3. The van der Waals surface area contributed by atoms with Crippen molar-refractivity contribution in [3.05, 3.63) is 46.5 Å². The molecule has 2 aromatic heterocycles. The molecule has 0 saturated heterocycles. The van der Waals surface area contributed by atoms with Gasteiger partial charge in [-0.2, -0.15) is 0 Å². The van der Waals surface area contributed by atoms with Crippen LogP contribution in [0.1, 0.15) is 5.69 Å². The van der Waals surface area contributed by atoms with Crippen LogP contribution in [0.2, 0.25) is 10.3 Å². The molecule has 0 saturated carbocycles. The van der Waals surface area contributed by atoms with Crippen LogP contribution in [0.4, 0.5) is 5.69 Å². The molecule has 18 heavy (non-hydrogen) atoms. The molecule has 2 rings (SSSR count). The van der Waals surface area contributed by atoms with Crippen molar-refractivity contribution in [2.45, 2.75) is 6.42 Å². The van der Waals surface area contributed by atoms with Crippen LogP contribution >= 0.6 is 23.2 Å². The van der Waals surface area contributed by atoms with E-state index in [0.29, 0.717) is 10.3 Å². The Morgan fingerprint density at radius 3 is 2.78 bits per heavy atom. The third kappa shape index (κ3) is 3.31. The van der Waals surface area contributed by atoms with Crippen LogP contribution in [0.25, 0.3) is 0 Å². The summed E-state index contributed by atoms with van der Waals surface area (Å²) in [7, 11) is 1.93. The second-order valence-corrected chi connectivity index (χ2v) is 4.58. The van der Waals surface area contributed by atoms with E-state index in [2.05, 4.69) is 15.2 Å². The monoisotopic (exact) mass is 282 g/mol. The van der Waals surface area contributed by atoms with E-state index in [1.807, 2.05) is 30.1 Å². The topological polar surface area (TPSA) is 41.9 Å². The Kier molecular flexibility index (Phi) is 4.33. The fourth-order valence-electron chi connectivity index (χ4n) is 1.56. The first-order valence-corrected chi connectivity index (χ1v) is 6.22. The SMILES string of the molecule is CN(CCc1ccccn1)c1cc(Cl)nnc1Cl. The highest BCUT2D eigenvalue weighted by Gasteiger charge is 2.09. The number of hydrogen-bond acceptors (Lipinski definition) is 4. The molecule has 0 aliphatic heterocycles. The zero-order chi connectivity index (χ0) is 13.0. The molecule has 0 fully saturated rings. The molecule has 0 spiro atoms. The summed E-state index contributed by atoms with van der Waals surface area (Å²) in [6.07, 6.45) is 2.61. The molecule has 0 radical (unpaired) electrons. The van der Waals surface area contributed by atoms with Crippen molar-refractivity contribution in [1.29, 1.82) is 0 Å². The van der Waals surface area contributed by atoms with Crippen molar-refractivity contribution in [1.82, 2.24) is 15.2 Å². The molecule has 0 aromatic carbocycles. The van der Waals surface area contributed by atoms with Gasteiger partial charge in [-0.3, -0.25) is 4.98 Å². The van der Waals surface area contributed by atoms with E-state index < -0.39 is 0 Å². The number of halogens is 2. The summed E-state index contributed by atoms with van der Waals surface area (Å²) in [6.45, 7) is 0.777. The van der Waals surface area contributed by atoms with Gasteiger partial charge in [-0.25, -0.2) is 0 Å². The molecule has 4 nitrogen and oxygen atoms in total. The molecule has 0 N–H and O–H groups in total. The molecule has 0 aliphatic carbocycles. The Morgan fingerprint density at radius 2 is 2.06 bits per heavy atom. The molecule has 2 aromatic rings. The Bertz CT molecular complexity index is 519. The number of hydrogen-bond donors (Lipinski definition) is 0. The number of nitrogens with zero attached hydrogens (tertiary/aromatic N) is 4. The highest BCUT2D eigenvalue weighted by molar-refractivity contribution is 6.33. The lowest BCUT2D eigenvalue weighted by atomic mass is 10.2. The molecular formula is C12H12Cl2N4. The average Bonchev–Trinajstić information content (AvgIpc) is 2.40. The van der Waals surface area contributed by atoms with Crippen molar-refractivity contribution in [3.63, 3.8) is 0 Å². The van der Waals surface area contributed by atoms with E-state index in [1.54, 1.807) is 12.3 Å². The lowest BCUT2D eigenvalue weighted by Crippen LogP contribution is -2.21. The minimum atomic E-state index is 0.332. The number of anilines is 1. The fraction of sp³-hybridized carbons (Fsp3) is 0.250. The molecule has 0 unspecified atom stereocenters. The van der Waals surface area contributed by atoms with Crippen LogP contribution < -0.4 is 4.90 Å². The number of aromatic nitrogens is 3.